The second kappa shape index (κ2) is 5.88. The number of nitrogens with zero attached hydrogens (tertiary/aromatic N) is 1. The summed E-state index contributed by atoms with van der Waals surface area (Å²) in [5.41, 5.74) is 1.11. The minimum Gasteiger partial charge on any atom is -0.325 e. The van der Waals surface area contributed by atoms with Gasteiger partial charge in [0, 0.05) is 23.5 Å². The maximum absolute atomic E-state index is 11.8. The molecule has 0 spiro atoms. The van der Waals surface area contributed by atoms with E-state index in [1.165, 1.54) is 23.6 Å². The summed E-state index contributed by atoms with van der Waals surface area (Å²) in [5.74, 6) is 0.421. The summed E-state index contributed by atoms with van der Waals surface area (Å²) in [4.78, 5) is 35.9. The van der Waals surface area contributed by atoms with Crippen LogP contribution in [0.25, 0.3) is 0 Å². The first kappa shape index (κ1) is 13.6. The molecule has 0 unspecified atom stereocenters. The fraction of sp³-hybridized carbons (Fsp3) is 0.308. The lowest BCUT2D eigenvalue weighted by Gasteiger charge is -2.14. The normalized spacial score (nSPS) is 14.6. The smallest absolute Gasteiger partial charge is 0.282 e. The molecule has 100 valence electrons. The third-order valence-corrected chi connectivity index (χ3v) is 3.62. The Bertz CT molecular complexity index is 530. The van der Waals surface area contributed by atoms with Crippen LogP contribution in [0.15, 0.2) is 24.3 Å². The van der Waals surface area contributed by atoms with Crippen molar-refractivity contribution in [2.45, 2.75) is 6.92 Å². The second-order valence-corrected chi connectivity index (χ2v) is 5.27. The Balaban J connectivity index is 1.97. The van der Waals surface area contributed by atoms with E-state index in [9.17, 15) is 14.4 Å². The van der Waals surface area contributed by atoms with E-state index >= 15 is 0 Å². The van der Waals surface area contributed by atoms with Crippen molar-refractivity contribution < 1.29 is 14.4 Å². The number of benzene rings is 1. The number of hydrogen-bond acceptors (Lipinski definition) is 4. The molecule has 2 rings (SSSR count). The quantitative estimate of drug-likeness (QED) is 0.855. The van der Waals surface area contributed by atoms with Gasteiger partial charge < -0.3 is 10.2 Å². The van der Waals surface area contributed by atoms with Crippen molar-refractivity contribution in [1.82, 2.24) is 4.90 Å². The monoisotopic (exact) mass is 278 g/mol. The number of rotatable bonds is 4. The van der Waals surface area contributed by atoms with Crippen LogP contribution in [0.4, 0.5) is 10.5 Å². The first-order chi connectivity index (χ1) is 9.06. The maximum Gasteiger partial charge on any atom is 0.282 e. The molecule has 0 atom stereocenters. The molecule has 6 heteroatoms. The molecular formula is C13H14N2O3S. The Kier molecular flexibility index (Phi) is 4.21. The van der Waals surface area contributed by atoms with Crippen LogP contribution in [0, 0.1) is 0 Å². The zero-order valence-corrected chi connectivity index (χ0v) is 11.3. The Morgan fingerprint density at radius 2 is 2.21 bits per heavy atom. The maximum atomic E-state index is 11.8. The number of hydrogen-bond donors (Lipinski definition) is 1. The van der Waals surface area contributed by atoms with Crippen molar-refractivity contribution in [1.29, 1.82) is 0 Å². The number of amides is 2. The molecule has 1 aliphatic rings. The van der Waals surface area contributed by atoms with Crippen molar-refractivity contribution in [2.75, 3.05) is 24.2 Å². The third-order valence-electron chi connectivity index (χ3n) is 2.73. The lowest BCUT2D eigenvalue weighted by atomic mass is 10.1. The van der Waals surface area contributed by atoms with Crippen LogP contribution < -0.4 is 5.32 Å². The molecule has 0 aromatic heterocycles. The highest BCUT2D eigenvalue weighted by Gasteiger charge is 2.23. The first-order valence-corrected chi connectivity index (χ1v) is 6.87. The van der Waals surface area contributed by atoms with Gasteiger partial charge >= 0.3 is 0 Å². The van der Waals surface area contributed by atoms with Gasteiger partial charge in [0.25, 0.3) is 5.24 Å². The molecule has 1 heterocycles. The molecule has 0 saturated carbocycles. The van der Waals surface area contributed by atoms with Gasteiger partial charge in [-0.3, -0.25) is 14.4 Å². The van der Waals surface area contributed by atoms with Crippen molar-refractivity contribution in [3.63, 3.8) is 0 Å². The van der Waals surface area contributed by atoms with Gasteiger partial charge in [-0.25, -0.2) is 0 Å². The molecule has 0 bridgehead atoms. The number of ketones is 1. The zero-order valence-electron chi connectivity index (χ0n) is 10.5. The largest absolute Gasteiger partial charge is 0.325 e. The van der Waals surface area contributed by atoms with Crippen LogP contribution in [-0.2, 0) is 4.79 Å². The molecule has 1 aromatic rings. The Labute approximate surface area is 115 Å². The fourth-order valence-electron chi connectivity index (χ4n) is 1.76. The Morgan fingerprint density at radius 1 is 1.42 bits per heavy atom. The summed E-state index contributed by atoms with van der Waals surface area (Å²) >= 11 is 1.22. The van der Waals surface area contributed by atoms with Crippen LogP contribution in [0.2, 0.25) is 0 Å². The lowest BCUT2D eigenvalue weighted by Crippen LogP contribution is -2.33. The summed E-state index contributed by atoms with van der Waals surface area (Å²) in [5, 5.41) is 2.63. The zero-order chi connectivity index (χ0) is 13.8. The molecule has 1 aliphatic heterocycles. The van der Waals surface area contributed by atoms with Crippen molar-refractivity contribution in [3.8, 4) is 0 Å². The molecule has 5 nitrogen and oxygen atoms in total. The molecule has 1 aromatic carbocycles. The first-order valence-electron chi connectivity index (χ1n) is 5.89. The van der Waals surface area contributed by atoms with Crippen LogP contribution in [0.1, 0.15) is 17.3 Å². The standard InChI is InChI=1S/C13H14N2O3S/c1-9(16)10-3-2-4-11(7-10)14-12(17)8-15-5-6-19-13(15)18/h2-4,7H,5-6,8H2,1H3,(H,14,17). The molecule has 1 fully saturated rings. The average molecular weight is 278 g/mol. The SMILES string of the molecule is CC(=O)c1cccc(NC(=O)CN2CCSC2=O)c1. The number of Topliss-reactive ketones (excluding diaryl/α,β-unsaturated/α-hetero) is 1. The molecule has 1 saturated heterocycles. The van der Waals surface area contributed by atoms with Gasteiger partial charge in [-0.05, 0) is 19.1 Å². The van der Waals surface area contributed by atoms with E-state index in [-0.39, 0.29) is 23.5 Å². The minimum atomic E-state index is -0.253. The molecule has 19 heavy (non-hydrogen) atoms. The topological polar surface area (TPSA) is 66.5 Å². The van der Waals surface area contributed by atoms with E-state index in [4.69, 9.17) is 0 Å². The summed E-state index contributed by atoms with van der Waals surface area (Å²) in [6.45, 7) is 2.13. The number of carbonyl (C=O) groups is 3. The van der Waals surface area contributed by atoms with Gasteiger partial charge in [0.15, 0.2) is 5.78 Å². The Morgan fingerprint density at radius 3 is 2.84 bits per heavy atom. The molecular weight excluding hydrogens is 264 g/mol. The third kappa shape index (κ3) is 3.57. The van der Waals surface area contributed by atoms with Crippen LogP contribution in [0.3, 0.4) is 0 Å². The highest BCUT2D eigenvalue weighted by Crippen LogP contribution is 2.17. The number of nitrogens with one attached hydrogen (secondary N) is 1. The van der Waals surface area contributed by atoms with E-state index in [2.05, 4.69) is 5.32 Å². The van der Waals surface area contributed by atoms with Crippen LogP contribution >= 0.6 is 11.8 Å². The molecule has 0 aliphatic carbocycles. The van der Waals surface area contributed by atoms with Crippen molar-refractivity contribution in [2.24, 2.45) is 0 Å². The van der Waals surface area contributed by atoms with E-state index in [1.54, 1.807) is 24.3 Å². The molecule has 1 N–H and O–H groups in total. The van der Waals surface area contributed by atoms with E-state index in [0.717, 1.165) is 5.75 Å². The van der Waals surface area contributed by atoms with Crippen LogP contribution in [-0.4, -0.2) is 40.7 Å². The predicted molar refractivity (Wildman–Crippen MR) is 74.5 cm³/mol. The second-order valence-electron chi connectivity index (χ2n) is 4.22. The fourth-order valence-corrected chi connectivity index (χ4v) is 2.58. The number of anilines is 1. The number of carbonyl (C=O) groups excluding carboxylic acids is 3. The van der Waals surface area contributed by atoms with Gasteiger partial charge in [-0.15, -0.1) is 0 Å². The van der Waals surface area contributed by atoms with Crippen molar-refractivity contribution >= 4 is 34.4 Å². The van der Waals surface area contributed by atoms with E-state index in [1.807, 2.05) is 0 Å². The van der Waals surface area contributed by atoms with Gasteiger partial charge in [0.2, 0.25) is 5.91 Å². The summed E-state index contributed by atoms with van der Waals surface area (Å²) in [6.07, 6.45) is 0. The van der Waals surface area contributed by atoms with Crippen molar-refractivity contribution in [3.05, 3.63) is 29.8 Å². The van der Waals surface area contributed by atoms with Gasteiger partial charge in [0.05, 0.1) is 0 Å². The van der Waals surface area contributed by atoms with E-state index in [0.29, 0.717) is 17.8 Å². The lowest BCUT2D eigenvalue weighted by molar-refractivity contribution is -0.116. The highest BCUT2D eigenvalue weighted by atomic mass is 32.2. The molecule has 0 radical (unpaired) electrons. The average Bonchev–Trinajstić information content (AvgIpc) is 2.75. The minimum absolute atomic E-state index is 0.0517. The predicted octanol–water partition coefficient (Wildman–Crippen LogP) is 2.00. The van der Waals surface area contributed by atoms with Gasteiger partial charge in [0.1, 0.15) is 6.54 Å². The highest BCUT2D eigenvalue weighted by molar-refractivity contribution is 8.13. The van der Waals surface area contributed by atoms with Gasteiger partial charge in [-0.2, -0.15) is 0 Å². The Hall–Kier alpha value is -1.82. The number of thioether (sulfide) groups is 1. The van der Waals surface area contributed by atoms with Gasteiger partial charge in [-0.1, -0.05) is 23.9 Å². The molecule has 2 amide bonds. The summed E-state index contributed by atoms with van der Waals surface area (Å²) in [7, 11) is 0. The summed E-state index contributed by atoms with van der Waals surface area (Å²) < 4.78 is 0. The van der Waals surface area contributed by atoms with E-state index < -0.39 is 0 Å². The summed E-state index contributed by atoms with van der Waals surface area (Å²) in [6, 6.07) is 6.74. The van der Waals surface area contributed by atoms with Crippen LogP contribution in [0.5, 0.6) is 0 Å².